The Morgan fingerprint density at radius 1 is 0.920 bits per heavy atom. The molecule has 130 valence electrons. The van der Waals surface area contributed by atoms with E-state index in [9.17, 15) is 14.4 Å². The standard InChI is InChI=1S/C19H21N3O3/c1-12-7-8-17(21-14(3)24)10-18(12)20-11-19(25)22-16-6-4-5-15(9-16)13(2)23/h4-10,20H,11H2,1-3H3,(H,21,24)(H,22,25). The molecule has 0 aliphatic rings. The van der Waals surface area contributed by atoms with Gasteiger partial charge in [0.1, 0.15) is 0 Å². The van der Waals surface area contributed by atoms with E-state index < -0.39 is 0 Å². The number of aryl methyl sites for hydroxylation is 1. The molecule has 0 bridgehead atoms. The number of anilines is 3. The van der Waals surface area contributed by atoms with Crippen LogP contribution in [-0.4, -0.2) is 24.1 Å². The van der Waals surface area contributed by atoms with Crippen LogP contribution < -0.4 is 16.0 Å². The number of carbonyl (C=O) groups excluding carboxylic acids is 3. The van der Waals surface area contributed by atoms with Crippen molar-refractivity contribution >= 4 is 34.7 Å². The third-order valence-corrected chi connectivity index (χ3v) is 3.55. The topological polar surface area (TPSA) is 87.3 Å². The van der Waals surface area contributed by atoms with Gasteiger partial charge in [-0.15, -0.1) is 0 Å². The Labute approximate surface area is 146 Å². The van der Waals surface area contributed by atoms with Crippen LogP contribution in [0.5, 0.6) is 0 Å². The van der Waals surface area contributed by atoms with E-state index >= 15 is 0 Å². The molecule has 2 amide bonds. The maximum atomic E-state index is 12.1. The van der Waals surface area contributed by atoms with Gasteiger partial charge in [0.25, 0.3) is 0 Å². The van der Waals surface area contributed by atoms with Gasteiger partial charge < -0.3 is 16.0 Å². The van der Waals surface area contributed by atoms with Gasteiger partial charge in [-0.2, -0.15) is 0 Å². The number of amides is 2. The zero-order valence-electron chi connectivity index (χ0n) is 14.5. The van der Waals surface area contributed by atoms with Crippen LogP contribution in [0.15, 0.2) is 42.5 Å². The summed E-state index contributed by atoms with van der Waals surface area (Å²) < 4.78 is 0. The van der Waals surface area contributed by atoms with E-state index in [2.05, 4.69) is 16.0 Å². The number of hydrogen-bond acceptors (Lipinski definition) is 4. The highest BCUT2D eigenvalue weighted by Crippen LogP contribution is 2.20. The van der Waals surface area contributed by atoms with Crippen LogP contribution in [0.1, 0.15) is 29.8 Å². The molecule has 0 unspecified atom stereocenters. The summed E-state index contributed by atoms with van der Waals surface area (Å²) in [6, 6.07) is 12.2. The highest BCUT2D eigenvalue weighted by molar-refractivity contribution is 5.98. The van der Waals surface area contributed by atoms with E-state index in [0.717, 1.165) is 11.3 Å². The lowest BCUT2D eigenvalue weighted by Crippen LogP contribution is -2.22. The highest BCUT2D eigenvalue weighted by Gasteiger charge is 2.07. The van der Waals surface area contributed by atoms with Gasteiger partial charge in [-0.05, 0) is 43.7 Å². The molecular weight excluding hydrogens is 318 g/mol. The van der Waals surface area contributed by atoms with Crippen molar-refractivity contribution in [2.45, 2.75) is 20.8 Å². The van der Waals surface area contributed by atoms with Crippen molar-refractivity contribution in [2.24, 2.45) is 0 Å². The zero-order chi connectivity index (χ0) is 18.4. The van der Waals surface area contributed by atoms with Crippen molar-refractivity contribution in [3.63, 3.8) is 0 Å². The number of carbonyl (C=O) groups is 3. The first-order valence-corrected chi connectivity index (χ1v) is 7.88. The molecule has 0 radical (unpaired) electrons. The summed E-state index contributed by atoms with van der Waals surface area (Å²) in [6.45, 7) is 4.89. The molecule has 2 aromatic carbocycles. The van der Waals surface area contributed by atoms with Crippen LogP contribution in [-0.2, 0) is 9.59 Å². The van der Waals surface area contributed by atoms with Gasteiger partial charge >= 0.3 is 0 Å². The van der Waals surface area contributed by atoms with Gasteiger partial charge in [0.05, 0.1) is 6.54 Å². The van der Waals surface area contributed by atoms with E-state index in [1.807, 2.05) is 13.0 Å². The molecule has 6 nitrogen and oxygen atoms in total. The predicted molar refractivity (Wildman–Crippen MR) is 99.0 cm³/mol. The summed E-state index contributed by atoms with van der Waals surface area (Å²) >= 11 is 0. The SMILES string of the molecule is CC(=O)Nc1ccc(C)c(NCC(=O)Nc2cccc(C(C)=O)c2)c1. The average molecular weight is 339 g/mol. The number of benzene rings is 2. The van der Waals surface area contributed by atoms with E-state index in [0.29, 0.717) is 16.9 Å². The fourth-order valence-electron chi connectivity index (χ4n) is 2.29. The molecule has 2 rings (SSSR count). The Balaban J connectivity index is 1.99. The Kier molecular flexibility index (Phi) is 5.89. The number of ketones is 1. The normalized spacial score (nSPS) is 10.0. The molecular formula is C19H21N3O3. The Hall–Kier alpha value is -3.15. The largest absolute Gasteiger partial charge is 0.376 e. The summed E-state index contributed by atoms with van der Waals surface area (Å²) in [5, 5.41) is 8.51. The summed E-state index contributed by atoms with van der Waals surface area (Å²) in [5.41, 5.74) is 3.50. The van der Waals surface area contributed by atoms with Crippen molar-refractivity contribution in [3.05, 3.63) is 53.6 Å². The summed E-state index contributed by atoms with van der Waals surface area (Å²) in [5.74, 6) is -0.442. The predicted octanol–water partition coefficient (Wildman–Crippen LogP) is 3.21. The lowest BCUT2D eigenvalue weighted by molar-refractivity contribution is -0.115. The molecule has 0 atom stereocenters. The second-order valence-electron chi connectivity index (χ2n) is 5.75. The molecule has 0 saturated carbocycles. The maximum absolute atomic E-state index is 12.1. The average Bonchev–Trinajstić information content (AvgIpc) is 2.55. The first-order valence-electron chi connectivity index (χ1n) is 7.88. The molecule has 25 heavy (non-hydrogen) atoms. The number of nitrogens with one attached hydrogen (secondary N) is 3. The van der Waals surface area contributed by atoms with Gasteiger partial charge in [-0.1, -0.05) is 18.2 Å². The molecule has 6 heteroatoms. The number of rotatable bonds is 6. The van der Waals surface area contributed by atoms with Gasteiger partial charge in [0, 0.05) is 29.5 Å². The van der Waals surface area contributed by atoms with E-state index in [4.69, 9.17) is 0 Å². The minimum Gasteiger partial charge on any atom is -0.376 e. The summed E-state index contributed by atoms with van der Waals surface area (Å²) in [4.78, 5) is 34.6. The highest BCUT2D eigenvalue weighted by atomic mass is 16.2. The lowest BCUT2D eigenvalue weighted by Gasteiger charge is -2.12. The number of Topliss-reactive ketones (excluding diaryl/α,β-unsaturated/α-hetero) is 1. The quantitative estimate of drug-likeness (QED) is 0.705. The first-order chi connectivity index (χ1) is 11.8. The second kappa shape index (κ2) is 8.10. The smallest absolute Gasteiger partial charge is 0.243 e. The van der Waals surface area contributed by atoms with Gasteiger partial charge in [0.15, 0.2) is 5.78 Å². The summed E-state index contributed by atoms with van der Waals surface area (Å²) in [6.07, 6.45) is 0. The molecule has 2 aromatic rings. The van der Waals surface area contributed by atoms with Crippen molar-refractivity contribution < 1.29 is 14.4 Å². The molecule has 0 fully saturated rings. The van der Waals surface area contributed by atoms with Gasteiger partial charge in [0.2, 0.25) is 11.8 Å². The molecule has 0 heterocycles. The Bertz CT molecular complexity index is 815. The molecule has 3 N–H and O–H groups in total. The molecule has 0 saturated heterocycles. The van der Waals surface area contributed by atoms with Crippen molar-refractivity contribution in [1.82, 2.24) is 0 Å². The number of hydrogen-bond donors (Lipinski definition) is 3. The van der Waals surface area contributed by atoms with Crippen LogP contribution in [0.25, 0.3) is 0 Å². The van der Waals surface area contributed by atoms with Gasteiger partial charge in [-0.3, -0.25) is 14.4 Å². The lowest BCUT2D eigenvalue weighted by atomic mass is 10.1. The van der Waals surface area contributed by atoms with Gasteiger partial charge in [-0.25, -0.2) is 0 Å². The first kappa shape index (κ1) is 18.2. The fraction of sp³-hybridized carbons (Fsp3) is 0.211. The van der Waals surface area contributed by atoms with Crippen LogP contribution in [0, 0.1) is 6.92 Å². The van der Waals surface area contributed by atoms with Crippen LogP contribution in [0.2, 0.25) is 0 Å². The second-order valence-corrected chi connectivity index (χ2v) is 5.75. The van der Waals surface area contributed by atoms with E-state index in [1.54, 1.807) is 36.4 Å². The van der Waals surface area contributed by atoms with Crippen LogP contribution in [0.3, 0.4) is 0 Å². The molecule has 0 aromatic heterocycles. The third-order valence-electron chi connectivity index (χ3n) is 3.55. The van der Waals surface area contributed by atoms with E-state index in [1.165, 1.54) is 13.8 Å². The Morgan fingerprint density at radius 3 is 2.32 bits per heavy atom. The molecule has 0 aliphatic carbocycles. The van der Waals surface area contributed by atoms with Crippen LogP contribution >= 0.6 is 0 Å². The van der Waals surface area contributed by atoms with Crippen molar-refractivity contribution in [1.29, 1.82) is 0 Å². The van der Waals surface area contributed by atoms with Crippen molar-refractivity contribution in [2.75, 3.05) is 22.5 Å². The summed E-state index contributed by atoms with van der Waals surface area (Å²) in [7, 11) is 0. The van der Waals surface area contributed by atoms with Crippen LogP contribution in [0.4, 0.5) is 17.1 Å². The molecule has 0 spiro atoms. The minimum atomic E-state index is -0.231. The molecule has 0 aliphatic heterocycles. The maximum Gasteiger partial charge on any atom is 0.243 e. The van der Waals surface area contributed by atoms with E-state index in [-0.39, 0.29) is 24.1 Å². The zero-order valence-corrected chi connectivity index (χ0v) is 14.5. The fourth-order valence-corrected chi connectivity index (χ4v) is 2.29. The minimum absolute atomic E-state index is 0.0559. The third kappa shape index (κ3) is 5.46. The van der Waals surface area contributed by atoms with Crippen molar-refractivity contribution in [3.8, 4) is 0 Å². The monoisotopic (exact) mass is 339 g/mol. The Morgan fingerprint density at radius 2 is 1.64 bits per heavy atom.